The quantitative estimate of drug-likeness (QED) is 0.109. The highest BCUT2D eigenvalue weighted by Crippen LogP contribution is 2.40. The van der Waals surface area contributed by atoms with Crippen LogP contribution in [0.1, 0.15) is 77.1 Å². The summed E-state index contributed by atoms with van der Waals surface area (Å²) >= 11 is 1.61. The van der Waals surface area contributed by atoms with Crippen LogP contribution in [0.15, 0.2) is 83.2 Å². The van der Waals surface area contributed by atoms with E-state index in [1.165, 1.54) is 5.56 Å². The number of nitrogens with zero attached hydrogens (tertiary/aromatic N) is 3. The Kier molecular flexibility index (Phi) is 10.8. The largest absolute Gasteiger partial charge is 0.493 e. The molecule has 0 aliphatic carbocycles. The second kappa shape index (κ2) is 15.0. The highest BCUT2D eigenvalue weighted by molar-refractivity contribution is 7.99. The molecule has 1 aromatic heterocycles. The predicted octanol–water partition coefficient (Wildman–Crippen LogP) is 8.38. The van der Waals surface area contributed by atoms with Crippen molar-refractivity contribution in [1.29, 1.82) is 0 Å². The van der Waals surface area contributed by atoms with Crippen LogP contribution in [0.25, 0.3) is 0 Å². The van der Waals surface area contributed by atoms with E-state index in [2.05, 4.69) is 62.6 Å². The number of carbonyl (C=O) groups excluding carboxylic acids is 1. The van der Waals surface area contributed by atoms with E-state index in [9.17, 15) is 4.79 Å². The van der Waals surface area contributed by atoms with E-state index < -0.39 is 6.04 Å². The highest BCUT2D eigenvalue weighted by atomic mass is 32.2. The third-order valence-corrected chi connectivity index (χ3v) is 8.88. The zero-order valence-electron chi connectivity index (χ0n) is 28.3. The zero-order valence-corrected chi connectivity index (χ0v) is 29.2. The molecule has 4 aromatic rings. The average molecular weight is 656 g/mol. The van der Waals surface area contributed by atoms with Crippen LogP contribution in [0.5, 0.6) is 17.2 Å². The van der Waals surface area contributed by atoms with Gasteiger partial charge >= 0.3 is 0 Å². The molecule has 0 saturated carbocycles. The molecular weight excluding hydrogens is 611 g/mol. The molecule has 0 spiro atoms. The fourth-order valence-corrected chi connectivity index (χ4v) is 6.29. The molecule has 1 aliphatic heterocycles. The minimum Gasteiger partial charge on any atom is -0.493 e. The first-order valence-electron chi connectivity index (χ1n) is 16.1. The number of carbonyl (C=O) groups is 1. The normalized spacial score (nSPS) is 14.3. The van der Waals surface area contributed by atoms with Gasteiger partial charge in [-0.1, -0.05) is 88.3 Å². The lowest BCUT2D eigenvalue weighted by atomic mass is 9.87. The summed E-state index contributed by atoms with van der Waals surface area (Å²) in [5.41, 5.74) is 5.01. The summed E-state index contributed by atoms with van der Waals surface area (Å²) in [6.07, 6.45) is 2.15. The van der Waals surface area contributed by atoms with Gasteiger partial charge in [0.05, 0.1) is 25.0 Å². The highest BCUT2D eigenvalue weighted by Gasteiger charge is 2.35. The topological polar surface area (TPSA) is 99.5 Å². The van der Waals surface area contributed by atoms with E-state index in [-0.39, 0.29) is 11.3 Å². The van der Waals surface area contributed by atoms with Gasteiger partial charge in [0.2, 0.25) is 11.1 Å². The summed E-state index contributed by atoms with van der Waals surface area (Å²) in [4.78, 5) is 18.9. The Bertz CT molecular complexity index is 1730. The predicted molar refractivity (Wildman–Crippen MR) is 189 cm³/mol. The molecule has 0 fully saturated rings. The summed E-state index contributed by atoms with van der Waals surface area (Å²) in [5, 5.41) is 11.9. The Hall–Kier alpha value is -4.44. The molecular formula is C37H45N5O4S. The van der Waals surface area contributed by atoms with Crippen molar-refractivity contribution >= 4 is 29.3 Å². The molecule has 1 aliphatic rings. The molecule has 10 heteroatoms. The number of anilines is 2. The lowest BCUT2D eigenvalue weighted by molar-refractivity contribution is -0.113. The van der Waals surface area contributed by atoms with Crippen molar-refractivity contribution in [2.24, 2.45) is 0 Å². The van der Waals surface area contributed by atoms with Gasteiger partial charge in [0.25, 0.3) is 5.91 Å². The Morgan fingerprint density at radius 2 is 1.77 bits per heavy atom. The SMILES string of the molecule is CCCCSc1nc2n(n1)C(c1ccc(OCc3ccc(C(C)(C)C)cc3)c(OC)c1)C(C(=O)Nc1ccccc1OCC)=C(C)N2. The minimum atomic E-state index is -0.577. The monoisotopic (exact) mass is 655 g/mol. The van der Waals surface area contributed by atoms with Gasteiger partial charge in [0, 0.05) is 11.4 Å². The maximum absolute atomic E-state index is 14.1. The van der Waals surface area contributed by atoms with Crippen molar-refractivity contribution in [3.8, 4) is 17.2 Å². The third-order valence-electron chi connectivity index (χ3n) is 7.96. The van der Waals surface area contributed by atoms with E-state index in [1.807, 2.05) is 56.3 Å². The Labute approximate surface area is 282 Å². The number of nitrogens with one attached hydrogen (secondary N) is 2. The number of methoxy groups -OCH3 is 1. The van der Waals surface area contributed by atoms with Gasteiger partial charge in [0.1, 0.15) is 18.4 Å². The molecule has 2 heterocycles. The molecule has 2 N–H and O–H groups in total. The van der Waals surface area contributed by atoms with Crippen molar-refractivity contribution in [2.45, 2.75) is 77.6 Å². The maximum atomic E-state index is 14.1. The van der Waals surface area contributed by atoms with Crippen molar-refractivity contribution < 1.29 is 19.0 Å². The van der Waals surface area contributed by atoms with Gasteiger partial charge in [-0.2, -0.15) is 4.98 Å². The van der Waals surface area contributed by atoms with Crippen LogP contribution >= 0.6 is 11.8 Å². The van der Waals surface area contributed by atoms with Crippen LogP contribution in [0.4, 0.5) is 11.6 Å². The van der Waals surface area contributed by atoms with Gasteiger partial charge in [-0.3, -0.25) is 4.79 Å². The maximum Gasteiger partial charge on any atom is 0.255 e. The Balaban J connectivity index is 1.47. The number of unbranched alkanes of at least 4 members (excludes halogenated alkanes) is 1. The number of rotatable bonds is 13. The van der Waals surface area contributed by atoms with Gasteiger partial charge in [-0.15, -0.1) is 5.10 Å². The van der Waals surface area contributed by atoms with Crippen LogP contribution < -0.4 is 24.8 Å². The molecule has 5 rings (SSSR count). The number of ether oxygens (including phenoxy) is 3. The minimum absolute atomic E-state index is 0.0845. The van der Waals surface area contributed by atoms with Crippen molar-refractivity contribution in [1.82, 2.24) is 14.8 Å². The van der Waals surface area contributed by atoms with Crippen molar-refractivity contribution in [3.05, 3.63) is 94.7 Å². The molecule has 3 aromatic carbocycles. The van der Waals surface area contributed by atoms with Crippen LogP contribution in [0.3, 0.4) is 0 Å². The summed E-state index contributed by atoms with van der Waals surface area (Å²) in [6, 6.07) is 21.1. The van der Waals surface area contributed by atoms with E-state index in [4.69, 9.17) is 24.3 Å². The average Bonchev–Trinajstić information content (AvgIpc) is 3.46. The number of hydrogen-bond donors (Lipinski definition) is 2. The molecule has 0 radical (unpaired) electrons. The Morgan fingerprint density at radius 1 is 1.00 bits per heavy atom. The lowest BCUT2D eigenvalue weighted by Crippen LogP contribution is -2.31. The van der Waals surface area contributed by atoms with Crippen LogP contribution in [0.2, 0.25) is 0 Å². The van der Waals surface area contributed by atoms with Gasteiger partial charge in [0.15, 0.2) is 11.5 Å². The summed E-state index contributed by atoms with van der Waals surface area (Å²) in [5.74, 6) is 3.00. The molecule has 0 saturated heterocycles. The van der Waals surface area contributed by atoms with Gasteiger partial charge < -0.3 is 24.8 Å². The van der Waals surface area contributed by atoms with E-state index >= 15 is 0 Å². The van der Waals surface area contributed by atoms with Crippen molar-refractivity contribution in [3.63, 3.8) is 0 Å². The van der Waals surface area contributed by atoms with Gasteiger partial charge in [-0.25, -0.2) is 4.68 Å². The summed E-state index contributed by atoms with van der Waals surface area (Å²) in [6.45, 7) is 13.4. The van der Waals surface area contributed by atoms with Crippen molar-refractivity contribution in [2.75, 3.05) is 30.1 Å². The Morgan fingerprint density at radius 3 is 2.47 bits per heavy atom. The second-order valence-corrected chi connectivity index (χ2v) is 13.5. The number of allylic oxidation sites excluding steroid dienone is 1. The third kappa shape index (κ3) is 7.93. The van der Waals surface area contributed by atoms with E-state index in [0.717, 1.165) is 29.7 Å². The van der Waals surface area contributed by atoms with E-state index in [1.54, 1.807) is 23.6 Å². The first-order valence-corrected chi connectivity index (χ1v) is 17.1. The van der Waals surface area contributed by atoms with Crippen LogP contribution in [-0.2, 0) is 16.8 Å². The molecule has 248 valence electrons. The number of aromatic nitrogens is 3. The van der Waals surface area contributed by atoms with Gasteiger partial charge in [-0.05, 0) is 66.6 Å². The molecule has 9 nitrogen and oxygen atoms in total. The van der Waals surface area contributed by atoms with E-state index in [0.29, 0.717) is 58.5 Å². The smallest absolute Gasteiger partial charge is 0.255 e. The van der Waals surface area contributed by atoms with Crippen LogP contribution in [-0.4, -0.2) is 40.1 Å². The first-order chi connectivity index (χ1) is 22.6. The number of amides is 1. The molecule has 1 unspecified atom stereocenters. The zero-order chi connectivity index (χ0) is 33.6. The fourth-order valence-electron chi connectivity index (χ4n) is 5.38. The molecule has 1 amide bonds. The molecule has 47 heavy (non-hydrogen) atoms. The summed E-state index contributed by atoms with van der Waals surface area (Å²) < 4.78 is 19.6. The molecule has 1 atom stereocenters. The van der Waals surface area contributed by atoms with Crippen LogP contribution in [0, 0.1) is 0 Å². The second-order valence-electron chi connectivity index (χ2n) is 12.5. The standard InChI is InChI=1S/C37H45N5O4S/c1-8-10-21-47-36-40-35-38-24(3)32(34(43)39-28-13-11-12-14-29(28)45-9-2)33(42(35)41-36)26-17-20-30(31(22-26)44-7)46-23-25-15-18-27(19-16-25)37(4,5)6/h11-20,22,33H,8-10,21,23H2,1-7H3,(H,39,43)(H,38,40,41). The fraction of sp³-hybridized carbons (Fsp3) is 0.378. The number of hydrogen-bond acceptors (Lipinski definition) is 8. The molecule has 0 bridgehead atoms. The number of benzene rings is 3. The summed E-state index contributed by atoms with van der Waals surface area (Å²) in [7, 11) is 1.62. The first kappa shape index (κ1) is 33.9. The lowest BCUT2D eigenvalue weighted by Gasteiger charge is -2.29. The number of fused-ring (bicyclic) bond motifs is 1. The number of para-hydroxylation sites is 2. The number of thioether (sulfide) groups is 1.